The van der Waals surface area contributed by atoms with Gasteiger partial charge >= 0.3 is 5.69 Å². The van der Waals surface area contributed by atoms with Crippen LogP contribution in [0.2, 0.25) is 0 Å². The number of likely N-dealkylation sites (tertiary alicyclic amines) is 1. The van der Waals surface area contributed by atoms with Crippen LogP contribution < -0.4 is 11.1 Å². The van der Waals surface area contributed by atoms with Crippen molar-refractivity contribution in [3.63, 3.8) is 0 Å². The minimum atomic E-state index is -0.613. The second-order valence-corrected chi connectivity index (χ2v) is 7.47. The van der Waals surface area contributed by atoms with Crippen LogP contribution in [-0.4, -0.2) is 44.3 Å². The number of aromatic nitrogens is 2. The molecule has 0 aliphatic carbocycles. The summed E-state index contributed by atoms with van der Waals surface area (Å²) < 4.78 is 0. The highest BCUT2D eigenvalue weighted by molar-refractivity contribution is 5.97. The first-order valence-electron chi connectivity index (χ1n) is 9.11. The van der Waals surface area contributed by atoms with Gasteiger partial charge < -0.3 is 16.0 Å². The Bertz CT molecular complexity index is 902. The number of nitro groups is 1. The number of anilines is 2. The van der Waals surface area contributed by atoms with E-state index in [1.165, 1.54) is 0 Å². The van der Waals surface area contributed by atoms with Gasteiger partial charge in [0, 0.05) is 24.2 Å². The van der Waals surface area contributed by atoms with Gasteiger partial charge in [0.15, 0.2) is 0 Å². The van der Waals surface area contributed by atoms with Crippen LogP contribution in [0.25, 0.3) is 0 Å². The standard InChI is InChI=1S/C19H24N6O3/c1-12-5-4-6-13(2)15(12)17(26)24-9-7-19(3,8-10-24)23-18-21-11-14(25(27)28)16(20)22-18/h4-6,11H,7-10H2,1-3H3,(H3,20,21,22,23). The summed E-state index contributed by atoms with van der Waals surface area (Å²) in [6.45, 7) is 7.12. The first-order valence-corrected chi connectivity index (χ1v) is 9.11. The molecule has 3 N–H and O–H groups in total. The molecule has 1 aromatic carbocycles. The molecule has 9 nitrogen and oxygen atoms in total. The lowest BCUT2D eigenvalue weighted by Crippen LogP contribution is -2.49. The molecule has 28 heavy (non-hydrogen) atoms. The van der Waals surface area contributed by atoms with E-state index in [0.29, 0.717) is 25.9 Å². The fraction of sp³-hybridized carbons (Fsp3) is 0.421. The Morgan fingerprint density at radius 2 is 1.89 bits per heavy atom. The summed E-state index contributed by atoms with van der Waals surface area (Å²) >= 11 is 0. The van der Waals surface area contributed by atoms with Crippen molar-refractivity contribution in [2.24, 2.45) is 0 Å². The third-order valence-electron chi connectivity index (χ3n) is 5.26. The van der Waals surface area contributed by atoms with E-state index in [2.05, 4.69) is 15.3 Å². The normalized spacial score (nSPS) is 15.9. The van der Waals surface area contributed by atoms with Crippen LogP contribution in [0, 0.1) is 24.0 Å². The molecule has 0 bridgehead atoms. The van der Waals surface area contributed by atoms with Crippen LogP contribution in [0.3, 0.4) is 0 Å². The van der Waals surface area contributed by atoms with Crippen molar-refractivity contribution in [1.29, 1.82) is 0 Å². The summed E-state index contributed by atoms with van der Waals surface area (Å²) in [7, 11) is 0. The number of carbonyl (C=O) groups is 1. The monoisotopic (exact) mass is 384 g/mol. The number of rotatable bonds is 4. The van der Waals surface area contributed by atoms with Crippen molar-refractivity contribution in [1.82, 2.24) is 14.9 Å². The number of carbonyl (C=O) groups excluding carboxylic acids is 1. The highest BCUT2D eigenvalue weighted by Crippen LogP contribution is 2.28. The number of nitrogen functional groups attached to an aromatic ring is 1. The molecule has 0 atom stereocenters. The molecule has 1 fully saturated rings. The molecule has 2 aromatic rings. The third-order valence-corrected chi connectivity index (χ3v) is 5.26. The minimum Gasteiger partial charge on any atom is -0.378 e. The van der Waals surface area contributed by atoms with E-state index in [9.17, 15) is 14.9 Å². The SMILES string of the molecule is Cc1cccc(C)c1C(=O)N1CCC(C)(Nc2ncc([N+](=O)[O-])c(N)n2)CC1. The predicted octanol–water partition coefficient (Wildman–Crippen LogP) is 2.69. The Hall–Kier alpha value is -3.23. The van der Waals surface area contributed by atoms with Crippen LogP contribution in [0.1, 0.15) is 41.3 Å². The van der Waals surface area contributed by atoms with Gasteiger partial charge in [0.1, 0.15) is 6.20 Å². The third kappa shape index (κ3) is 3.88. The minimum absolute atomic E-state index is 0.0495. The summed E-state index contributed by atoms with van der Waals surface area (Å²) in [6.07, 6.45) is 2.50. The summed E-state index contributed by atoms with van der Waals surface area (Å²) in [4.78, 5) is 33.0. The number of amides is 1. The molecule has 1 aliphatic rings. The zero-order valence-corrected chi connectivity index (χ0v) is 16.2. The van der Waals surface area contributed by atoms with Crippen molar-refractivity contribution < 1.29 is 9.72 Å². The molecule has 2 heterocycles. The van der Waals surface area contributed by atoms with Gasteiger partial charge in [-0.15, -0.1) is 0 Å². The van der Waals surface area contributed by atoms with Crippen molar-refractivity contribution in [3.05, 3.63) is 51.2 Å². The maximum absolute atomic E-state index is 13.0. The first-order chi connectivity index (χ1) is 13.2. The Balaban J connectivity index is 1.68. The molecule has 0 radical (unpaired) electrons. The van der Waals surface area contributed by atoms with Crippen LogP contribution in [0.15, 0.2) is 24.4 Å². The molecule has 1 aliphatic heterocycles. The summed E-state index contributed by atoms with van der Waals surface area (Å²) in [6, 6.07) is 5.85. The highest BCUT2D eigenvalue weighted by Gasteiger charge is 2.33. The fourth-order valence-corrected chi connectivity index (χ4v) is 3.50. The number of benzene rings is 1. The molecule has 9 heteroatoms. The van der Waals surface area contributed by atoms with Gasteiger partial charge in [0.25, 0.3) is 5.91 Å². The van der Waals surface area contributed by atoms with Gasteiger partial charge in [-0.1, -0.05) is 18.2 Å². The molecule has 1 saturated heterocycles. The number of nitrogens with one attached hydrogen (secondary N) is 1. The lowest BCUT2D eigenvalue weighted by atomic mass is 9.89. The molecule has 0 unspecified atom stereocenters. The van der Waals surface area contributed by atoms with Crippen molar-refractivity contribution >= 4 is 23.4 Å². The Morgan fingerprint density at radius 1 is 1.29 bits per heavy atom. The number of aryl methyl sites for hydroxylation is 2. The van der Waals surface area contributed by atoms with Gasteiger partial charge in [0.05, 0.1) is 4.92 Å². The number of nitrogens with two attached hydrogens (primary N) is 1. The van der Waals surface area contributed by atoms with Crippen LogP contribution in [0.4, 0.5) is 17.5 Å². The summed E-state index contributed by atoms with van der Waals surface area (Å²) in [5.74, 6) is 0.127. The maximum atomic E-state index is 13.0. The summed E-state index contributed by atoms with van der Waals surface area (Å²) in [5, 5.41) is 14.1. The topological polar surface area (TPSA) is 127 Å². The molecule has 148 valence electrons. The van der Waals surface area contributed by atoms with E-state index >= 15 is 0 Å². The molecule has 1 aromatic heterocycles. The second kappa shape index (κ2) is 7.41. The molecular formula is C19H24N6O3. The Kier molecular flexibility index (Phi) is 5.17. The van der Waals surface area contributed by atoms with Gasteiger partial charge in [0.2, 0.25) is 11.8 Å². The van der Waals surface area contributed by atoms with E-state index in [4.69, 9.17) is 5.73 Å². The second-order valence-electron chi connectivity index (χ2n) is 7.47. The molecule has 0 spiro atoms. The lowest BCUT2D eigenvalue weighted by molar-refractivity contribution is -0.384. The zero-order valence-electron chi connectivity index (χ0n) is 16.2. The average Bonchev–Trinajstić information content (AvgIpc) is 2.61. The average molecular weight is 384 g/mol. The van der Waals surface area contributed by atoms with E-state index < -0.39 is 4.92 Å². The smallest absolute Gasteiger partial charge is 0.329 e. The Morgan fingerprint density at radius 3 is 2.43 bits per heavy atom. The Labute approximate surface area is 163 Å². The van der Waals surface area contributed by atoms with Crippen LogP contribution in [-0.2, 0) is 0 Å². The molecule has 1 amide bonds. The first kappa shape index (κ1) is 19.5. The predicted molar refractivity (Wildman–Crippen MR) is 106 cm³/mol. The van der Waals surface area contributed by atoms with Crippen LogP contribution >= 0.6 is 0 Å². The zero-order chi connectivity index (χ0) is 20.5. The number of hydrogen-bond acceptors (Lipinski definition) is 7. The number of piperidine rings is 1. The summed E-state index contributed by atoms with van der Waals surface area (Å²) in [5.41, 5.74) is 7.72. The van der Waals surface area contributed by atoms with Gasteiger partial charge in [-0.05, 0) is 44.7 Å². The highest BCUT2D eigenvalue weighted by atomic mass is 16.6. The molecular weight excluding hydrogens is 360 g/mol. The largest absolute Gasteiger partial charge is 0.378 e. The van der Waals surface area contributed by atoms with Gasteiger partial charge in [-0.25, -0.2) is 4.98 Å². The van der Waals surface area contributed by atoms with E-state index in [0.717, 1.165) is 22.9 Å². The van der Waals surface area contributed by atoms with Gasteiger partial charge in [-0.2, -0.15) is 4.98 Å². The van der Waals surface area contributed by atoms with E-state index in [1.807, 2.05) is 43.9 Å². The van der Waals surface area contributed by atoms with E-state index in [-0.39, 0.29) is 28.9 Å². The van der Waals surface area contributed by atoms with Gasteiger partial charge in [-0.3, -0.25) is 14.9 Å². The molecule has 0 saturated carbocycles. The fourth-order valence-electron chi connectivity index (χ4n) is 3.50. The van der Waals surface area contributed by atoms with Crippen molar-refractivity contribution in [3.8, 4) is 0 Å². The van der Waals surface area contributed by atoms with Crippen LogP contribution in [0.5, 0.6) is 0 Å². The maximum Gasteiger partial charge on any atom is 0.329 e. The molecule has 3 rings (SSSR count). The number of nitrogens with zero attached hydrogens (tertiary/aromatic N) is 4. The van der Waals surface area contributed by atoms with Crippen molar-refractivity contribution in [2.45, 2.75) is 39.2 Å². The van der Waals surface area contributed by atoms with E-state index in [1.54, 1.807) is 0 Å². The lowest BCUT2D eigenvalue weighted by Gasteiger charge is -2.40. The number of hydrogen-bond donors (Lipinski definition) is 2. The van der Waals surface area contributed by atoms with Crippen molar-refractivity contribution in [2.75, 3.05) is 24.1 Å². The quantitative estimate of drug-likeness (QED) is 0.613.